The molecule has 7 heteroatoms. The Morgan fingerprint density at radius 1 is 1.42 bits per heavy atom. The molecule has 0 aliphatic carbocycles. The van der Waals surface area contributed by atoms with Gasteiger partial charge in [-0.15, -0.1) is 0 Å². The molecule has 2 amide bonds. The molecule has 104 valence electrons. The number of urea groups is 1. The van der Waals surface area contributed by atoms with Crippen molar-refractivity contribution >= 4 is 27.4 Å². The average molecular weight is 283 g/mol. The maximum absolute atomic E-state index is 11.6. The van der Waals surface area contributed by atoms with Gasteiger partial charge in [0, 0.05) is 18.8 Å². The van der Waals surface area contributed by atoms with E-state index in [9.17, 15) is 13.2 Å². The third kappa shape index (κ3) is 2.98. The number of anilines is 2. The molecule has 0 saturated carbocycles. The third-order valence-electron chi connectivity index (χ3n) is 2.93. The first kappa shape index (κ1) is 13.7. The predicted molar refractivity (Wildman–Crippen MR) is 75.0 cm³/mol. The fourth-order valence-corrected chi connectivity index (χ4v) is 3.09. The highest BCUT2D eigenvalue weighted by atomic mass is 32.2. The van der Waals surface area contributed by atoms with Gasteiger partial charge in [-0.3, -0.25) is 4.31 Å². The first-order valence-electron chi connectivity index (χ1n) is 6.07. The quantitative estimate of drug-likeness (QED) is 0.873. The van der Waals surface area contributed by atoms with Crippen molar-refractivity contribution in [1.29, 1.82) is 0 Å². The zero-order valence-corrected chi connectivity index (χ0v) is 11.8. The van der Waals surface area contributed by atoms with Crippen LogP contribution in [0.2, 0.25) is 0 Å². The molecule has 6 nitrogen and oxygen atoms in total. The Balaban J connectivity index is 2.21. The van der Waals surface area contributed by atoms with Crippen molar-refractivity contribution in [1.82, 2.24) is 5.32 Å². The molecule has 0 radical (unpaired) electrons. The van der Waals surface area contributed by atoms with E-state index in [2.05, 4.69) is 10.6 Å². The van der Waals surface area contributed by atoms with E-state index in [0.29, 0.717) is 30.9 Å². The van der Waals surface area contributed by atoms with Crippen molar-refractivity contribution in [3.8, 4) is 0 Å². The Kier molecular flexibility index (Phi) is 3.66. The van der Waals surface area contributed by atoms with E-state index in [4.69, 9.17) is 0 Å². The SMILES string of the molecule is CCNC(=O)Nc1ccc2c(c1)CCN2S(C)(=O)=O. The zero-order chi connectivity index (χ0) is 14.0. The lowest BCUT2D eigenvalue weighted by atomic mass is 10.1. The molecule has 1 aromatic rings. The molecule has 2 N–H and O–H groups in total. The minimum Gasteiger partial charge on any atom is -0.338 e. The number of rotatable bonds is 3. The fourth-order valence-electron chi connectivity index (χ4n) is 2.13. The molecule has 0 fully saturated rings. The number of benzene rings is 1. The summed E-state index contributed by atoms with van der Waals surface area (Å²) >= 11 is 0. The van der Waals surface area contributed by atoms with E-state index in [1.54, 1.807) is 12.1 Å². The minimum atomic E-state index is -3.23. The summed E-state index contributed by atoms with van der Waals surface area (Å²) in [5.74, 6) is 0. The number of nitrogens with zero attached hydrogens (tertiary/aromatic N) is 1. The van der Waals surface area contributed by atoms with Crippen LogP contribution < -0.4 is 14.9 Å². The van der Waals surface area contributed by atoms with E-state index >= 15 is 0 Å². The Bertz CT molecular complexity index is 598. The van der Waals surface area contributed by atoms with Crippen molar-refractivity contribution < 1.29 is 13.2 Å². The lowest BCUT2D eigenvalue weighted by Gasteiger charge is -2.16. The Hall–Kier alpha value is -1.76. The lowest BCUT2D eigenvalue weighted by Crippen LogP contribution is -2.28. The molecule has 0 saturated heterocycles. The summed E-state index contributed by atoms with van der Waals surface area (Å²) in [7, 11) is -3.23. The molecule has 0 spiro atoms. The maximum Gasteiger partial charge on any atom is 0.319 e. The number of carbonyl (C=O) groups is 1. The van der Waals surface area contributed by atoms with Crippen LogP contribution in [0.15, 0.2) is 18.2 Å². The van der Waals surface area contributed by atoms with Crippen LogP contribution in [0.3, 0.4) is 0 Å². The molecule has 1 aliphatic rings. The van der Waals surface area contributed by atoms with Gasteiger partial charge in [0.25, 0.3) is 0 Å². The molecule has 1 aliphatic heterocycles. The number of amides is 2. The Morgan fingerprint density at radius 2 is 2.16 bits per heavy atom. The van der Waals surface area contributed by atoms with E-state index in [1.807, 2.05) is 13.0 Å². The van der Waals surface area contributed by atoms with Crippen LogP contribution in [0.1, 0.15) is 12.5 Å². The van der Waals surface area contributed by atoms with Gasteiger partial charge in [-0.2, -0.15) is 0 Å². The smallest absolute Gasteiger partial charge is 0.319 e. The molecule has 0 bridgehead atoms. The number of carbonyl (C=O) groups excluding carboxylic acids is 1. The normalized spacial score (nSPS) is 14.1. The van der Waals surface area contributed by atoms with Gasteiger partial charge in [0.2, 0.25) is 10.0 Å². The molecule has 1 heterocycles. The van der Waals surface area contributed by atoms with Crippen LogP contribution in [0.25, 0.3) is 0 Å². The van der Waals surface area contributed by atoms with Crippen molar-refractivity contribution in [2.75, 3.05) is 29.0 Å². The summed E-state index contributed by atoms with van der Waals surface area (Å²) in [6.07, 6.45) is 1.86. The van der Waals surface area contributed by atoms with Crippen LogP contribution in [0.5, 0.6) is 0 Å². The standard InChI is InChI=1S/C12H17N3O3S/c1-3-13-12(16)14-10-4-5-11-9(8-10)6-7-15(11)19(2,17)18/h4-5,8H,3,6-7H2,1-2H3,(H2,13,14,16). The summed E-state index contributed by atoms with van der Waals surface area (Å²) in [5, 5.41) is 5.35. The molecule has 19 heavy (non-hydrogen) atoms. The highest BCUT2D eigenvalue weighted by Gasteiger charge is 2.26. The molecular formula is C12H17N3O3S. The van der Waals surface area contributed by atoms with Crippen LogP contribution in [0, 0.1) is 0 Å². The third-order valence-corrected chi connectivity index (χ3v) is 4.11. The van der Waals surface area contributed by atoms with E-state index in [0.717, 1.165) is 5.56 Å². The van der Waals surface area contributed by atoms with Crippen LogP contribution in [-0.4, -0.2) is 33.8 Å². The summed E-state index contributed by atoms with van der Waals surface area (Å²) in [6, 6.07) is 4.98. The van der Waals surface area contributed by atoms with Crippen molar-refractivity contribution in [3.63, 3.8) is 0 Å². The molecular weight excluding hydrogens is 266 g/mol. The largest absolute Gasteiger partial charge is 0.338 e. The summed E-state index contributed by atoms with van der Waals surface area (Å²) < 4.78 is 24.6. The second kappa shape index (κ2) is 5.08. The number of nitrogens with one attached hydrogen (secondary N) is 2. The second-order valence-electron chi connectivity index (χ2n) is 4.41. The summed E-state index contributed by atoms with van der Waals surface area (Å²) in [4.78, 5) is 11.4. The number of sulfonamides is 1. The van der Waals surface area contributed by atoms with Gasteiger partial charge in [-0.25, -0.2) is 13.2 Å². The van der Waals surface area contributed by atoms with Gasteiger partial charge in [0.15, 0.2) is 0 Å². The molecule has 1 aromatic carbocycles. The number of fused-ring (bicyclic) bond motifs is 1. The average Bonchev–Trinajstić information content (AvgIpc) is 2.71. The maximum atomic E-state index is 11.6. The van der Waals surface area contributed by atoms with Crippen LogP contribution in [0.4, 0.5) is 16.2 Å². The number of hydrogen-bond donors (Lipinski definition) is 2. The minimum absolute atomic E-state index is 0.264. The van der Waals surface area contributed by atoms with E-state index < -0.39 is 10.0 Å². The van der Waals surface area contributed by atoms with Gasteiger partial charge in [-0.1, -0.05) is 0 Å². The monoisotopic (exact) mass is 283 g/mol. The van der Waals surface area contributed by atoms with Crippen molar-refractivity contribution in [3.05, 3.63) is 23.8 Å². The first-order chi connectivity index (χ1) is 8.91. The Labute approximate surface area is 112 Å². The van der Waals surface area contributed by atoms with E-state index in [-0.39, 0.29) is 6.03 Å². The fraction of sp³-hybridized carbons (Fsp3) is 0.417. The molecule has 0 unspecified atom stereocenters. The Morgan fingerprint density at radius 3 is 2.79 bits per heavy atom. The molecule has 2 rings (SSSR count). The summed E-state index contributed by atoms with van der Waals surface area (Å²) in [6.45, 7) is 2.85. The highest BCUT2D eigenvalue weighted by molar-refractivity contribution is 7.92. The topological polar surface area (TPSA) is 78.5 Å². The van der Waals surface area contributed by atoms with Gasteiger partial charge in [-0.05, 0) is 37.1 Å². The van der Waals surface area contributed by atoms with Gasteiger partial charge in [0.05, 0.1) is 11.9 Å². The predicted octanol–water partition coefficient (Wildman–Crippen LogP) is 1.15. The van der Waals surface area contributed by atoms with Gasteiger partial charge >= 0.3 is 6.03 Å². The van der Waals surface area contributed by atoms with Crippen molar-refractivity contribution in [2.24, 2.45) is 0 Å². The zero-order valence-electron chi connectivity index (χ0n) is 10.9. The summed E-state index contributed by atoms with van der Waals surface area (Å²) in [5.41, 5.74) is 2.30. The second-order valence-corrected chi connectivity index (χ2v) is 6.32. The highest BCUT2D eigenvalue weighted by Crippen LogP contribution is 2.31. The molecule has 0 aromatic heterocycles. The van der Waals surface area contributed by atoms with Crippen LogP contribution >= 0.6 is 0 Å². The number of hydrogen-bond acceptors (Lipinski definition) is 3. The lowest BCUT2D eigenvalue weighted by molar-refractivity contribution is 0.252. The van der Waals surface area contributed by atoms with Gasteiger partial charge < -0.3 is 10.6 Å². The van der Waals surface area contributed by atoms with Crippen molar-refractivity contribution in [2.45, 2.75) is 13.3 Å². The van der Waals surface area contributed by atoms with E-state index in [1.165, 1.54) is 10.6 Å². The molecule has 0 atom stereocenters. The van der Waals surface area contributed by atoms with Gasteiger partial charge in [0.1, 0.15) is 0 Å². The van der Waals surface area contributed by atoms with Crippen LogP contribution in [-0.2, 0) is 16.4 Å². The first-order valence-corrected chi connectivity index (χ1v) is 7.92.